The molecule has 3 rings (SSSR count). The number of pyridine rings is 1. The Balaban J connectivity index is 1.57. The highest BCUT2D eigenvalue weighted by Crippen LogP contribution is 2.19. The number of hydrogen-bond acceptors (Lipinski definition) is 3. The Morgan fingerprint density at radius 3 is 2.88 bits per heavy atom. The first-order valence-electron chi connectivity index (χ1n) is 10.2. The van der Waals surface area contributed by atoms with Crippen molar-refractivity contribution in [2.24, 2.45) is 5.92 Å². The first kappa shape index (κ1) is 18.9. The lowest BCUT2D eigenvalue weighted by molar-refractivity contribution is -0.122. The summed E-state index contributed by atoms with van der Waals surface area (Å²) >= 11 is 0. The quantitative estimate of drug-likeness (QED) is 0.769. The lowest BCUT2D eigenvalue weighted by atomic mass is 9.95. The van der Waals surface area contributed by atoms with Gasteiger partial charge in [-0.1, -0.05) is 33.1 Å². The molecule has 2 aromatic heterocycles. The molecule has 0 bridgehead atoms. The highest BCUT2D eigenvalue weighted by molar-refractivity contribution is 5.76. The van der Waals surface area contributed by atoms with E-state index in [1.54, 1.807) is 0 Å². The van der Waals surface area contributed by atoms with E-state index < -0.39 is 0 Å². The average molecular weight is 357 g/mol. The van der Waals surface area contributed by atoms with Crippen molar-refractivity contribution in [3.05, 3.63) is 24.2 Å². The number of nitrogens with zero attached hydrogens (tertiary/aromatic N) is 3. The van der Waals surface area contributed by atoms with E-state index in [-0.39, 0.29) is 5.91 Å². The van der Waals surface area contributed by atoms with Crippen LogP contribution >= 0.6 is 0 Å². The summed E-state index contributed by atoms with van der Waals surface area (Å²) in [4.78, 5) is 21.5. The first-order chi connectivity index (χ1) is 12.6. The van der Waals surface area contributed by atoms with Crippen molar-refractivity contribution in [2.45, 2.75) is 84.2 Å². The summed E-state index contributed by atoms with van der Waals surface area (Å²) < 4.78 is 2.24. The molecular formula is C21H32N4O. The van der Waals surface area contributed by atoms with Crippen LogP contribution < -0.4 is 5.32 Å². The van der Waals surface area contributed by atoms with Crippen LogP contribution in [0.1, 0.15) is 71.0 Å². The molecular weight excluding hydrogens is 324 g/mol. The predicted molar refractivity (Wildman–Crippen MR) is 105 cm³/mol. The minimum Gasteiger partial charge on any atom is -0.353 e. The molecule has 26 heavy (non-hydrogen) atoms. The van der Waals surface area contributed by atoms with E-state index in [9.17, 15) is 4.79 Å². The molecule has 1 aliphatic carbocycles. The van der Waals surface area contributed by atoms with E-state index in [4.69, 9.17) is 4.98 Å². The number of aryl methyl sites for hydroxylation is 2. The fourth-order valence-electron chi connectivity index (χ4n) is 3.77. The summed E-state index contributed by atoms with van der Waals surface area (Å²) in [5, 5.41) is 3.21. The molecule has 0 spiro atoms. The molecule has 1 aliphatic rings. The van der Waals surface area contributed by atoms with Crippen LogP contribution in [0.3, 0.4) is 0 Å². The zero-order valence-corrected chi connectivity index (χ0v) is 16.2. The highest BCUT2D eigenvalue weighted by Gasteiger charge is 2.16. The van der Waals surface area contributed by atoms with Gasteiger partial charge < -0.3 is 9.88 Å². The number of nitrogens with one attached hydrogen (secondary N) is 1. The van der Waals surface area contributed by atoms with Gasteiger partial charge in [0.25, 0.3) is 0 Å². The molecule has 5 heteroatoms. The molecule has 0 aliphatic heterocycles. The van der Waals surface area contributed by atoms with Crippen molar-refractivity contribution in [2.75, 3.05) is 0 Å². The van der Waals surface area contributed by atoms with Crippen LogP contribution in [0.4, 0.5) is 0 Å². The molecule has 0 atom stereocenters. The van der Waals surface area contributed by atoms with Crippen LogP contribution in [0.5, 0.6) is 0 Å². The maximum Gasteiger partial charge on any atom is 0.220 e. The summed E-state index contributed by atoms with van der Waals surface area (Å²) in [6.07, 6.45) is 11.3. The Kier molecular flexibility index (Phi) is 6.64. The zero-order valence-electron chi connectivity index (χ0n) is 16.2. The highest BCUT2D eigenvalue weighted by atomic mass is 16.1. The number of fused-ring (bicyclic) bond motifs is 1. The summed E-state index contributed by atoms with van der Waals surface area (Å²) in [5.41, 5.74) is 1.92. The van der Waals surface area contributed by atoms with Gasteiger partial charge in [-0.2, -0.15) is 0 Å². The zero-order chi connectivity index (χ0) is 18.4. The summed E-state index contributed by atoms with van der Waals surface area (Å²) in [5.74, 6) is 1.90. The molecule has 0 radical (unpaired) electrons. The number of hydrogen-bond donors (Lipinski definition) is 1. The minimum absolute atomic E-state index is 0.194. The van der Waals surface area contributed by atoms with Gasteiger partial charge in [0.2, 0.25) is 5.91 Å². The van der Waals surface area contributed by atoms with Crippen molar-refractivity contribution in [3.8, 4) is 0 Å². The van der Waals surface area contributed by atoms with Gasteiger partial charge in [0.1, 0.15) is 11.3 Å². The Bertz CT molecular complexity index is 716. The first-order valence-corrected chi connectivity index (χ1v) is 10.2. The number of carbonyl (C=O) groups excluding carboxylic acids is 1. The molecule has 1 saturated carbocycles. The van der Waals surface area contributed by atoms with Crippen LogP contribution in [0, 0.1) is 5.92 Å². The number of aromatic nitrogens is 3. The van der Waals surface area contributed by atoms with E-state index >= 15 is 0 Å². The summed E-state index contributed by atoms with van der Waals surface area (Å²) in [6.45, 7) is 5.42. The summed E-state index contributed by atoms with van der Waals surface area (Å²) in [6, 6.07) is 4.35. The average Bonchev–Trinajstić information content (AvgIpc) is 2.98. The van der Waals surface area contributed by atoms with Gasteiger partial charge in [-0.05, 0) is 43.7 Å². The lowest BCUT2D eigenvalue weighted by Crippen LogP contribution is -2.36. The molecule has 1 fully saturated rings. The van der Waals surface area contributed by atoms with E-state index in [0.29, 0.717) is 18.4 Å². The largest absolute Gasteiger partial charge is 0.353 e. The Labute approximate surface area is 156 Å². The molecule has 2 heterocycles. The van der Waals surface area contributed by atoms with Crippen molar-refractivity contribution in [3.63, 3.8) is 0 Å². The third-order valence-electron chi connectivity index (χ3n) is 5.29. The van der Waals surface area contributed by atoms with Gasteiger partial charge in [0.05, 0.1) is 0 Å². The molecule has 5 nitrogen and oxygen atoms in total. The van der Waals surface area contributed by atoms with Gasteiger partial charge >= 0.3 is 0 Å². The Morgan fingerprint density at radius 1 is 1.31 bits per heavy atom. The Morgan fingerprint density at radius 2 is 2.12 bits per heavy atom. The van der Waals surface area contributed by atoms with E-state index in [0.717, 1.165) is 55.6 Å². The minimum atomic E-state index is 0.194. The number of imidazole rings is 1. The normalized spacial score (nSPS) is 15.7. The fraction of sp³-hybridized carbons (Fsp3) is 0.667. The van der Waals surface area contributed by atoms with Gasteiger partial charge in [-0.3, -0.25) is 4.79 Å². The molecule has 1 N–H and O–H groups in total. The predicted octanol–water partition coefficient (Wildman–Crippen LogP) is 4.25. The van der Waals surface area contributed by atoms with Gasteiger partial charge in [-0.25, -0.2) is 9.97 Å². The number of rotatable bonds is 8. The smallest absolute Gasteiger partial charge is 0.220 e. The monoisotopic (exact) mass is 356 g/mol. The second-order valence-corrected chi connectivity index (χ2v) is 7.96. The van der Waals surface area contributed by atoms with Crippen molar-refractivity contribution < 1.29 is 4.79 Å². The third-order valence-corrected chi connectivity index (χ3v) is 5.29. The maximum absolute atomic E-state index is 12.2. The molecule has 2 aromatic rings. The van der Waals surface area contributed by atoms with Crippen molar-refractivity contribution in [1.82, 2.24) is 19.9 Å². The Hall–Kier alpha value is -1.91. The molecule has 0 unspecified atom stereocenters. The summed E-state index contributed by atoms with van der Waals surface area (Å²) in [7, 11) is 0. The van der Waals surface area contributed by atoms with Gasteiger partial charge in [-0.15, -0.1) is 0 Å². The standard InChI is InChI=1S/C21H32N4O/c1-16(2)13-15-25-19(24-18-10-7-14-22-21(18)25)11-6-12-20(26)23-17-8-4-3-5-9-17/h7,10,14,16-17H,3-6,8-9,11-13,15H2,1-2H3,(H,23,26). The number of carbonyl (C=O) groups is 1. The van der Waals surface area contributed by atoms with E-state index in [2.05, 4.69) is 28.7 Å². The molecule has 142 valence electrons. The maximum atomic E-state index is 12.2. The van der Waals surface area contributed by atoms with Crippen LogP contribution in [0.2, 0.25) is 0 Å². The second-order valence-electron chi connectivity index (χ2n) is 7.96. The molecule has 0 aromatic carbocycles. The lowest BCUT2D eigenvalue weighted by Gasteiger charge is -2.22. The van der Waals surface area contributed by atoms with Crippen LogP contribution in [-0.2, 0) is 17.8 Å². The number of amides is 1. The van der Waals surface area contributed by atoms with E-state index in [1.807, 2.05) is 18.3 Å². The van der Waals surface area contributed by atoms with Crippen LogP contribution in [0.15, 0.2) is 18.3 Å². The van der Waals surface area contributed by atoms with E-state index in [1.165, 1.54) is 19.3 Å². The van der Waals surface area contributed by atoms with Crippen LogP contribution in [-0.4, -0.2) is 26.5 Å². The topological polar surface area (TPSA) is 59.8 Å². The van der Waals surface area contributed by atoms with Crippen molar-refractivity contribution in [1.29, 1.82) is 0 Å². The van der Waals surface area contributed by atoms with Gasteiger partial charge in [0, 0.05) is 31.6 Å². The fourth-order valence-corrected chi connectivity index (χ4v) is 3.77. The second kappa shape index (κ2) is 9.15. The SMILES string of the molecule is CC(C)CCn1c(CCCC(=O)NC2CCCCC2)nc2cccnc21. The molecule has 1 amide bonds. The van der Waals surface area contributed by atoms with Crippen molar-refractivity contribution >= 4 is 17.1 Å². The van der Waals surface area contributed by atoms with Crippen LogP contribution in [0.25, 0.3) is 11.2 Å². The van der Waals surface area contributed by atoms with Gasteiger partial charge in [0.15, 0.2) is 5.65 Å². The molecule has 0 saturated heterocycles. The third kappa shape index (κ3) is 5.05.